The van der Waals surface area contributed by atoms with Gasteiger partial charge in [-0.05, 0) is 31.4 Å². The fourth-order valence-corrected chi connectivity index (χ4v) is 1.57. The molecule has 134 valence electrons. The van der Waals surface area contributed by atoms with E-state index < -0.39 is 19.7 Å². The van der Waals surface area contributed by atoms with Crippen LogP contribution in [0.15, 0.2) is 18.2 Å². The van der Waals surface area contributed by atoms with Crippen LogP contribution in [-0.4, -0.2) is 59.4 Å². The Labute approximate surface area is 148 Å². The summed E-state index contributed by atoms with van der Waals surface area (Å²) < 4.78 is 14.7. The van der Waals surface area contributed by atoms with Gasteiger partial charge < -0.3 is 29.4 Å². The van der Waals surface area contributed by atoms with Crippen molar-refractivity contribution in [2.45, 2.75) is 13.8 Å². The smallest absolute Gasteiger partial charge is 0.488 e. The normalized spacial score (nSPS) is 9.38. The van der Waals surface area contributed by atoms with Crippen LogP contribution in [0.3, 0.4) is 0 Å². The average molecular weight is 407 g/mol. The van der Waals surface area contributed by atoms with E-state index >= 15 is 0 Å². The van der Waals surface area contributed by atoms with Gasteiger partial charge in [0.25, 0.3) is 0 Å². The van der Waals surface area contributed by atoms with Gasteiger partial charge in [0.1, 0.15) is 5.33 Å². The Hall–Kier alpha value is -1.78. The molecule has 1 rings (SSSR count). The summed E-state index contributed by atoms with van der Waals surface area (Å²) in [4.78, 5) is 20.5. The van der Waals surface area contributed by atoms with Crippen molar-refractivity contribution in [3.05, 3.63) is 18.2 Å². The Morgan fingerprint density at radius 2 is 1.79 bits per heavy atom. The molecule has 24 heavy (non-hydrogen) atoms. The Balaban J connectivity index is 0.000000640. The molecule has 1 aromatic carbocycles. The fourth-order valence-electron chi connectivity index (χ4n) is 1.41. The summed E-state index contributed by atoms with van der Waals surface area (Å²) in [5.74, 6) is -0.779. The standard InChI is InChI=1S/C10H13BO6.C4H7BrO2/c1-2-16-9-5-7(11(14)15)3-4-8(9)17-6-10(12)13;1-2-7-4(6)3-5/h3-5,14-15H,2,6H2,1H3,(H,12,13);2-3H2,1H3. The van der Waals surface area contributed by atoms with Crippen molar-refractivity contribution in [3.8, 4) is 11.5 Å². The number of aliphatic carboxylic acids is 1. The number of esters is 1. The van der Waals surface area contributed by atoms with Crippen LogP contribution in [0.2, 0.25) is 0 Å². The number of rotatable bonds is 8. The second-order valence-corrected chi connectivity index (χ2v) is 4.69. The molecule has 0 aliphatic carbocycles. The molecular formula is C14H20BBrO8. The van der Waals surface area contributed by atoms with Crippen molar-refractivity contribution in [1.82, 2.24) is 0 Å². The molecule has 0 saturated carbocycles. The van der Waals surface area contributed by atoms with Crippen molar-refractivity contribution in [2.75, 3.05) is 25.2 Å². The van der Waals surface area contributed by atoms with E-state index in [-0.39, 0.29) is 22.9 Å². The van der Waals surface area contributed by atoms with E-state index in [1.165, 1.54) is 18.2 Å². The molecule has 0 amide bonds. The number of alkyl halides is 1. The largest absolute Gasteiger partial charge is 0.490 e. The van der Waals surface area contributed by atoms with Gasteiger partial charge in [0.2, 0.25) is 0 Å². The van der Waals surface area contributed by atoms with Crippen molar-refractivity contribution >= 4 is 40.4 Å². The number of carbonyl (C=O) groups excluding carboxylic acids is 1. The lowest BCUT2D eigenvalue weighted by Gasteiger charge is -2.12. The summed E-state index contributed by atoms with van der Waals surface area (Å²) in [6, 6.07) is 4.25. The molecule has 0 aromatic heterocycles. The van der Waals surface area contributed by atoms with E-state index in [2.05, 4.69) is 20.7 Å². The molecule has 0 atom stereocenters. The molecule has 0 radical (unpaired) electrons. The number of halogens is 1. The minimum absolute atomic E-state index is 0.206. The molecule has 3 N–H and O–H groups in total. The Morgan fingerprint density at radius 1 is 1.12 bits per heavy atom. The SMILES string of the molecule is CCOC(=O)CBr.CCOc1cc(B(O)O)ccc1OCC(=O)O. The lowest BCUT2D eigenvalue weighted by molar-refractivity contribution is -0.140. The van der Waals surface area contributed by atoms with Gasteiger partial charge in [0.15, 0.2) is 18.1 Å². The minimum Gasteiger partial charge on any atom is -0.490 e. The average Bonchev–Trinajstić information content (AvgIpc) is 2.54. The molecule has 0 fully saturated rings. The molecule has 0 spiro atoms. The first-order valence-electron chi connectivity index (χ1n) is 7.04. The molecule has 0 unspecified atom stereocenters. The number of hydrogen-bond donors (Lipinski definition) is 3. The van der Waals surface area contributed by atoms with Crippen molar-refractivity contribution in [1.29, 1.82) is 0 Å². The summed E-state index contributed by atoms with van der Waals surface area (Å²) in [7, 11) is -1.61. The van der Waals surface area contributed by atoms with E-state index in [1.807, 2.05) is 0 Å². The molecule has 0 aliphatic heterocycles. The van der Waals surface area contributed by atoms with Gasteiger partial charge in [-0.25, -0.2) is 4.79 Å². The van der Waals surface area contributed by atoms with Crippen molar-refractivity contribution in [3.63, 3.8) is 0 Å². The van der Waals surface area contributed by atoms with Crippen LogP contribution in [0.1, 0.15) is 13.8 Å². The molecule has 0 saturated heterocycles. The van der Waals surface area contributed by atoms with Crippen molar-refractivity contribution in [2.24, 2.45) is 0 Å². The lowest BCUT2D eigenvalue weighted by atomic mass is 9.80. The summed E-state index contributed by atoms with van der Waals surface area (Å²) in [5, 5.41) is 26.8. The first-order valence-corrected chi connectivity index (χ1v) is 8.16. The van der Waals surface area contributed by atoms with E-state index in [9.17, 15) is 9.59 Å². The maximum atomic E-state index is 10.4. The van der Waals surface area contributed by atoms with Gasteiger partial charge in [-0.3, -0.25) is 4.79 Å². The maximum absolute atomic E-state index is 10.4. The lowest BCUT2D eigenvalue weighted by Crippen LogP contribution is -2.29. The third kappa shape index (κ3) is 9.38. The summed E-state index contributed by atoms with van der Waals surface area (Å²) in [6.45, 7) is 3.86. The van der Waals surface area contributed by atoms with Crippen LogP contribution in [0.4, 0.5) is 0 Å². The fraction of sp³-hybridized carbons (Fsp3) is 0.429. The van der Waals surface area contributed by atoms with E-state index in [4.69, 9.17) is 24.6 Å². The number of hydrogen-bond acceptors (Lipinski definition) is 7. The predicted molar refractivity (Wildman–Crippen MR) is 91.0 cm³/mol. The van der Waals surface area contributed by atoms with E-state index in [0.29, 0.717) is 18.5 Å². The second kappa shape index (κ2) is 12.6. The van der Waals surface area contributed by atoms with Crippen LogP contribution in [0, 0.1) is 0 Å². The number of ether oxygens (including phenoxy) is 3. The first-order chi connectivity index (χ1) is 11.3. The highest BCUT2D eigenvalue weighted by molar-refractivity contribution is 9.09. The summed E-state index contributed by atoms with van der Waals surface area (Å²) >= 11 is 2.94. The van der Waals surface area contributed by atoms with Crippen LogP contribution < -0.4 is 14.9 Å². The van der Waals surface area contributed by atoms with Gasteiger partial charge in [-0.15, -0.1) is 0 Å². The zero-order valence-electron chi connectivity index (χ0n) is 13.4. The predicted octanol–water partition coefficient (Wildman–Crippen LogP) is 0.173. The second-order valence-electron chi connectivity index (χ2n) is 4.13. The van der Waals surface area contributed by atoms with Crippen LogP contribution in [0.5, 0.6) is 11.5 Å². The molecule has 0 heterocycles. The zero-order valence-corrected chi connectivity index (χ0v) is 15.0. The summed E-state index contributed by atoms with van der Waals surface area (Å²) in [6.07, 6.45) is 0. The van der Waals surface area contributed by atoms with Gasteiger partial charge in [-0.1, -0.05) is 22.0 Å². The number of carbonyl (C=O) groups is 2. The number of benzene rings is 1. The maximum Gasteiger partial charge on any atom is 0.488 e. The van der Waals surface area contributed by atoms with Crippen molar-refractivity contribution < 1.29 is 39.0 Å². The molecular weight excluding hydrogens is 387 g/mol. The van der Waals surface area contributed by atoms with Crippen LogP contribution in [0.25, 0.3) is 0 Å². The monoisotopic (exact) mass is 406 g/mol. The van der Waals surface area contributed by atoms with Crippen LogP contribution in [-0.2, 0) is 14.3 Å². The highest BCUT2D eigenvalue weighted by Gasteiger charge is 2.15. The number of carboxylic acids is 1. The third-order valence-electron chi connectivity index (χ3n) is 2.33. The Kier molecular flexibility index (Phi) is 11.7. The highest BCUT2D eigenvalue weighted by atomic mass is 79.9. The minimum atomic E-state index is -1.61. The van der Waals surface area contributed by atoms with Crippen LogP contribution >= 0.6 is 15.9 Å². The molecule has 0 aliphatic rings. The Morgan fingerprint density at radius 3 is 2.21 bits per heavy atom. The molecule has 0 bridgehead atoms. The molecule has 10 heteroatoms. The topological polar surface area (TPSA) is 123 Å². The highest BCUT2D eigenvalue weighted by Crippen LogP contribution is 2.25. The molecule has 8 nitrogen and oxygen atoms in total. The van der Waals surface area contributed by atoms with E-state index in [0.717, 1.165) is 0 Å². The van der Waals surface area contributed by atoms with Gasteiger partial charge in [0.05, 0.1) is 13.2 Å². The van der Waals surface area contributed by atoms with Gasteiger partial charge in [-0.2, -0.15) is 0 Å². The molecule has 1 aromatic rings. The summed E-state index contributed by atoms with van der Waals surface area (Å²) in [5.41, 5.74) is 0.246. The van der Waals surface area contributed by atoms with Gasteiger partial charge >= 0.3 is 19.1 Å². The zero-order chi connectivity index (χ0) is 18.5. The quantitative estimate of drug-likeness (QED) is 0.317. The Bertz CT molecular complexity index is 523. The van der Waals surface area contributed by atoms with Gasteiger partial charge in [0, 0.05) is 0 Å². The van der Waals surface area contributed by atoms with E-state index in [1.54, 1.807) is 13.8 Å². The first kappa shape index (κ1) is 22.2. The number of carboxylic acid groups (broad SMARTS) is 1. The third-order valence-corrected chi connectivity index (χ3v) is 2.79.